The Morgan fingerprint density at radius 2 is 2.12 bits per heavy atom. The fraction of sp³-hybridized carbons (Fsp3) is 0.417. The number of benzene rings is 1. The summed E-state index contributed by atoms with van der Waals surface area (Å²) < 4.78 is 6.28. The van der Waals surface area contributed by atoms with Gasteiger partial charge in [-0.3, -0.25) is 4.79 Å². The van der Waals surface area contributed by atoms with E-state index < -0.39 is 11.6 Å². The van der Waals surface area contributed by atoms with Gasteiger partial charge in [-0.05, 0) is 18.6 Å². The van der Waals surface area contributed by atoms with Crippen LogP contribution in [0.25, 0.3) is 0 Å². The van der Waals surface area contributed by atoms with E-state index in [0.29, 0.717) is 6.42 Å². The van der Waals surface area contributed by atoms with Crippen molar-refractivity contribution in [3.63, 3.8) is 0 Å². The first-order valence-corrected chi connectivity index (χ1v) is 5.76. The number of carboxylic acid groups (broad SMARTS) is 1. The van der Waals surface area contributed by atoms with E-state index in [1.54, 1.807) is 14.0 Å². The summed E-state index contributed by atoms with van der Waals surface area (Å²) >= 11 is 3.44. The van der Waals surface area contributed by atoms with Crippen molar-refractivity contribution < 1.29 is 14.6 Å². The summed E-state index contributed by atoms with van der Waals surface area (Å²) in [6.45, 7) is 1.81. The minimum atomic E-state index is -0.851. The average molecular weight is 287 g/mol. The van der Waals surface area contributed by atoms with Crippen molar-refractivity contribution in [2.24, 2.45) is 0 Å². The van der Waals surface area contributed by atoms with Gasteiger partial charge < -0.3 is 9.84 Å². The molecule has 1 aromatic rings. The van der Waals surface area contributed by atoms with Gasteiger partial charge in [-0.15, -0.1) is 0 Å². The molecule has 0 aliphatic rings. The molecule has 0 fully saturated rings. The van der Waals surface area contributed by atoms with E-state index in [1.165, 1.54) is 0 Å². The van der Waals surface area contributed by atoms with E-state index in [1.807, 2.05) is 24.3 Å². The topological polar surface area (TPSA) is 46.5 Å². The van der Waals surface area contributed by atoms with Crippen molar-refractivity contribution in [1.82, 2.24) is 0 Å². The summed E-state index contributed by atoms with van der Waals surface area (Å²) in [6.07, 6.45) is 0.558. The standard InChI is InChI=1S/C12H15BrO3/c1-12(16-2,8-11(14)15)7-9-5-3-4-6-10(9)13/h3-6H,7-8H2,1-2H3,(H,14,15). The monoisotopic (exact) mass is 286 g/mol. The number of halogens is 1. The van der Waals surface area contributed by atoms with Crippen LogP contribution in [-0.4, -0.2) is 23.8 Å². The van der Waals surface area contributed by atoms with Gasteiger partial charge in [0.25, 0.3) is 0 Å². The summed E-state index contributed by atoms with van der Waals surface area (Å²) in [4.78, 5) is 10.8. The number of carbonyl (C=O) groups is 1. The molecule has 16 heavy (non-hydrogen) atoms. The third kappa shape index (κ3) is 3.61. The van der Waals surface area contributed by atoms with Crippen molar-refractivity contribution in [2.45, 2.75) is 25.4 Å². The Balaban J connectivity index is 2.85. The van der Waals surface area contributed by atoms with Gasteiger partial charge in [-0.2, -0.15) is 0 Å². The first kappa shape index (κ1) is 13.2. The van der Waals surface area contributed by atoms with Gasteiger partial charge in [-0.25, -0.2) is 0 Å². The SMILES string of the molecule is COC(C)(CC(=O)O)Cc1ccccc1Br. The fourth-order valence-corrected chi connectivity index (χ4v) is 2.00. The lowest BCUT2D eigenvalue weighted by Crippen LogP contribution is -2.33. The Labute approximate surface area is 104 Å². The number of methoxy groups -OCH3 is 1. The van der Waals surface area contributed by atoms with Crippen LogP contribution < -0.4 is 0 Å². The Bertz CT molecular complexity index is 378. The number of hydrogen-bond donors (Lipinski definition) is 1. The fourth-order valence-electron chi connectivity index (χ4n) is 1.57. The molecular formula is C12H15BrO3. The predicted molar refractivity (Wildman–Crippen MR) is 65.5 cm³/mol. The highest BCUT2D eigenvalue weighted by Crippen LogP contribution is 2.25. The maximum absolute atomic E-state index is 10.8. The van der Waals surface area contributed by atoms with Gasteiger partial charge in [0.15, 0.2) is 0 Å². The molecule has 0 aliphatic carbocycles. The van der Waals surface area contributed by atoms with Crippen molar-refractivity contribution >= 4 is 21.9 Å². The van der Waals surface area contributed by atoms with Crippen LogP contribution >= 0.6 is 15.9 Å². The third-order valence-corrected chi connectivity index (χ3v) is 3.31. The molecule has 0 amide bonds. The zero-order valence-electron chi connectivity index (χ0n) is 9.37. The van der Waals surface area contributed by atoms with E-state index in [4.69, 9.17) is 9.84 Å². The predicted octanol–water partition coefficient (Wildman–Crippen LogP) is 2.87. The number of rotatable bonds is 5. The first-order valence-electron chi connectivity index (χ1n) is 4.97. The molecule has 88 valence electrons. The van der Waals surface area contributed by atoms with Crippen LogP contribution in [0, 0.1) is 0 Å². The van der Waals surface area contributed by atoms with Gasteiger partial charge in [-0.1, -0.05) is 34.1 Å². The van der Waals surface area contributed by atoms with E-state index in [-0.39, 0.29) is 6.42 Å². The molecule has 0 saturated heterocycles. The number of ether oxygens (including phenoxy) is 1. The van der Waals surface area contributed by atoms with Crippen molar-refractivity contribution in [1.29, 1.82) is 0 Å². The molecule has 1 unspecified atom stereocenters. The molecule has 1 rings (SSSR count). The minimum Gasteiger partial charge on any atom is -0.481 e. The Hall–Kier alpha value is -0.870. The Morgan fingerprint density at radius 1 is 1.50 bits per heavy atom. The molecule has 0 aliphatic heterocycles. The van der Waals surface area contributed by atoms with Gasteiger partial charge in [0.1, 0.15) is 0 Å². The van der Waals surface area contributed by atoms with E-state index in [2.05, 4.69) is 15.9 Å². The van der Waals surface area contributed by atoms with Crippen LogP contribution in [0.5, 0.6) is 0 Å². The second-order valence-electron chi connectivity index (χ2n) is 3.99. The maximum atomic E-state index is 10.8. The largest absolute Gasteiger partial charge is 0.481 e. The summed E-state index contributed by atoms with van der Waals surface area (Å²) in [7, 11) is 1.54. The van der Waals surface area contributed by atoms with Crippen molar-refractivity contribution in [3.8, 4) is 0 Å². The lowest BCUT2D eigenvalue weighted by molar-refractivity contribution is -0.143. The molecule has 0 radical (unpaired) electrons. The van der Waals surface area contributed by atoms with Gasteiger partial charge in [0.05, 0.1) is 12.0 Å². The molecule has 4 heteroatoms. The number of hydrogen-bond acceptors (Lipinski definition) is 2. The second-order valence-corrected chi connectivity index (χ2v) is 4.85. The second kappa shape index (κ2) is 5.46. The van der Waals surface area contributed by atoms with Gasteiger partial charge in [0, 0.05) is 18.0 Å². The number of carboxylic acids is 1. The minimum absolute atomic E-state index is 0.00909. The summed E-state index contributed by atoms with van der Waals surface area (Å²) in [6, 6.07) is 7.75. The maximum Gasteiger partial charge on any atom is 0.306 e. The smallest absolute Gasteiger partial charge is 0.306 e. The normalized spacial score (nSPS) is 14.4. The molecular weight excluding hydrogens is 272 g/mol. The lowest BCUT2D eigenvalue weighted by Gasteiger charge is -2.26. The van der Waals surface area contributed by atoms with Gasteiger partial charge >= 0.3 is 5.97 Å². The van der Waals surface area contributed by atoms with Crippen LogP contribution in [-0.2, 0) is 16.0 Å². The Kier molecular flexibility index (Phi) is 4.50. The van der Waals surface area contributed by atoms with Crippen LogP contribution in [0.2, 0.25) is 0 Å². The van der Waals surface area contributed by atoms with Crippen LogP contribution in [0.1, 0.15) is 18.9 Å². The number of aliphatic carboxylic acids is 1. The van der Waals surface area contributed by atoms with E-state index >= 15 is 0 Å². The summed E-state index contributed by atoms with van der Waals surface area (Å²) in [5.41, 5.74) is 0.378. The zero-order valence-corrected chi connectivity index (χ0v) is 11.0. The van der Waals surface area contributed by atoms with Crippen LogP contribution in [0.4, 0.5) is 0 Å². The third-order valence-electron chi connectivity index (χ3n) is 2.54. The molecule has 0 bridgehead atoms. The highest BCUT2D eigenvalue weighted by atomic mass is 79.9. The quantitative estimate of drug-likeness (QED) is 0.905. The van der Waals surface area contributed by atoms with E-state index in [0.717, 1.165) is 10.0 Å². The van der Waals surface area contributed by atoms with Gasteiger partial charge in [0.2, 0.25) is 0 Å². The lowest BCUT2D eigenvalue weighted by atomic mass is 9.93. The molecule has 3 nitrogen and oxygen atoms in total. The molecule has 1 N–H and O–H groups in total. The highest BCUT2D eigenvalue weighted by molar-refractivity contribution is 9.10. The molecule has 0 spiro atoms. The van der Waals surface area contributed by atoms with Crippen molar-refractivity contribution in [3.05, 3.63) is 34.3 Å². The zero-order chi connectivity index (χ0) is 12.2. The highest BCUT2D eigenvalue weighted by Gasteiger charge is 2.28. The molecule has 0 aromatic heterocycles. The average Bonchev–Trinajstić information content (AvgIpc) is 2.20. The summed E-state index contributed by atoms with van der Waals surface area (Å²) in [5.74, 6) is -0.851. The van der Waals surface area contributed by atoms with Crippen molar-refractivity contribution in [2.75, 3.05) is 7.11 Å². The Morgan fingerprint density at radius 3 is 2.62 bits per heavy atom. The molecule has 0 heterocycles. The van der Waals surface area contributed by atoms with E-state index in [9.17, 15) is 4.79 Å². The van der Waals surface area contributed by atoms with Crippen LogP contribution in [0.15, 0.2) is 28.7 Å². The van der Waals surface area contributed by atoms with Crippen LogP contribution in [0.3, 0.4) is 0 Å². The molecule has 1 aromatic carbocycles. The molecule has 0 saturated carbocycles. The molecule has 1 atom stereocenters. The first-order chi connectivity index (χ1) is 7.47. The summed E-state index contributed by atoms with van der Waals surface area (Å²) in [5, 5.41) is 8.84.